The van der Waals surface area contributed by atoms with E-state index in [-0.39, 0.29) is 11.5 Å². The number of benzene rings is 1. The number of nitrogens with one attached hydrogen (secondary N) is 2. The van der Waals surface area contributed by atoms with Crippen LogP contribution in [-0.4, -0.2) is 19.1 Å². The van der Waals surface area contributed by atoms with Gasteiger partial charge in [-0.05, 0) is 36.5 Å². The predicted octanol–water partition coefficient (Wildman–Crippen LogP) is 2.89. The molecule has 1 saturated carbocycles. The van der Waals surface area contributed by atoms with Crippen molar-refractivity contribution >= 4 is 5.91 Å². The van der Waals surface area contributed by atoms with Crippen molar-refractivity contribution < 1.29 is 9.53 Å². The Morgan fingerprint density at radius 3 is 2.67 bits per heavy atom. The topological polar surface area (TPSA) is 74.1 Å². The summed E-state index contributed by atoms with van der Waals surface area (Å²) in [6.45, 7) is 2.59. The van der Waals surface area contributed by atoms with Gasteiger partial charge in [-0.2, -0.15) is 5.26 Å². The van der Waals surface area contributed by atoms with Crippen LogP contribution in [0.2, 0.25) is 0 Å². The van der Waals surface area contributed by atoms with Gasteiger partial charge in [0.05, 0.1) is 7.11 Å². The number of nitrogens with zero attached hydrogens (tertiary/aromatic N) is 1. The number of methoxy groups -OCH3 is 1. The van der Waals surface area contributed by atoms with E-state index in [0.29, 0.717) is 18.5 Å². The average molecular weight is 327 g/mol. The first-order valence-corrected chi connectivity index (χ1v) is 8.41. The number of hydrogen-bond donors (Lipinski definition) is 2. The van der Waals surface area contributed by atoms with Gasteiger partial charge in [-0.15, -0.1) is 0 Å². The lowest BCUT2D eigenvalue weighted by atomic mass is 9.86. The van der Waals surface area contributed by atoms with Crippen LogP contribution >= 0.6 is 0 Å². The highest BCUT2D eigenvalue weighted by Crippen LogP contribution is 2.23. The van der Waals surface area contributed by atoms with E-state index in [0.717, 1.165) is 17.7 Å². The Morgan fingerprint density at radius 2 is 2.04 bits per heavy atom. The minimum absolute atomic E-state index is 0.112. The zero-order valence-corrected chi connectivity index (χ0v) is 14.3. The van der Waals surface area contributed by atoms with Gasteiger partial charge in [0, 0.05) is 18.8 Å². The third kappa shape index (κ3) is 5.02. The van der Waals surface area contributed by atoms with Gasteiger partial charge in [0.1, 0.15) is 17.4 Å². The first-order valence-electron chi connectivity index (χ1n) is 8.41. The molecule has 1 amide bonds. The maximum Gasteiger partial charge on any atom is 0.263 e. The summed E-state index contributed by atoms with van der Waals surface area (Å²) >= 11 is 0. The molecular weight excluding hydrogens is 302 g/mol. The van der Waals surface area contributed by atoms with Crippen LogP contribution in [0.25, 0.3) is 0 Å². The molecule has 0 radical (unpaired) electrons. The number of carbonyl (C=O) groups excluding carboxylic acids is 1. The van der Waals surface area contributed by atoms with Crippen molar-refractivity contribution in [3.8, 4) is 11.8 Å². The van der Waals surface area contributed by atoms with Crippen LogP contribution in [0.15, 0.2) is 36.0 Å². The normalized spacial score (nSPS) is 20.8. The van der Waals surface area contributed by atoms with Crippen molar-refractivity contribution in [2.45, 2.75) is 45.2 Å². The van der Waals surface area contributed by atoms with Crippen molar-refractivity contribution in [3.05, 3.63) is 41.6 Å². The van der Waals surface area contributed by atoms with E-state index in [9.17, 15) is 10.1 Å². The second-order valence-corrected chi connectivity index (χ2v) is 6.24. The van der Waals surface area contributed by atoms with Gasteiger partial charge in [0.25, 0.3) is 5.91 Å². The van der Waals surface area contributed by atoms with Crippen molar-refractivity contribution in [2.75, 3.05) is 7.11 Å². The molecular formula is C19H25N3O2. The molecule has 0 aliphatic heterocycles. The highest BCUT2D eigenvalue weighted by atomic mass is 16.5. The van der Waals surface area contributed by atoms with E-state index in [4.69, 9.17) is 4.74 Å². The first kappa shape index (κ1) is 17.9. The van der Waals surface area contributed by atoms with Crippen LogP contribution in [0, 0.1) is 17.2 Å². The molecule has 0 bridgehead atoms. The molecule has 1 fully saturated rings. The SMILES string of the molecule is COc1ccc(CNC(=O)/C(C#N)=C\NC2CCCCC2C)cc1. The van der Waals surface area contributed by atoms with E-state index in [1.165, 1.54) is 19.3 Å². The fourth-order valence-corrected chi connectivity index (χ4v) is 2.92. The maximum absolute atomic E-state index is 12.2. The third-order valence-electron chi connectivity index (χ3n) is 4.53. The molecule has 1 aliphatic rings. The van der Waals surface area contributed by atoms with Crippen LogP contribution in [0.5, 0.6) is 5.75 Å². The summed E-state index contributed by atoms with van der Waals surface area (Å²) in [5.74, 6) is 0.982. The standard InChI is InChI=1S/C19H25N3O2/c1-14-5-3-4-6-18(14)21-13-16(11-20)19(23)22-12-15-7-9-17(24-2)10-8-15/h7-10,13-14,18,21H,3-6,12H2,1-2H3,(H,22,23)/b16-13-. The van der Waals surface area contributed by atoms with Gasteiger partial charge in [-0.25, -0.2) is 0 Å². The second-order valence-electron chi connectivity index (χ2n) is 6.24. The Bertz CT molecular complexity index is 616. The Balaban J connectivity index is 1.88. The zero-order chi connectivity index (χ0) is 17.4. The number of carbonyl (C=O) groups is 1. The largest absolute Gasteiger partial charge is 0.497 e. The quantitative estimate of drug-likeness (QED) is 0.622. The van der Waals surface area contributed by atoms with Crippen molar-refractivity contribution in [1.82, 2.24) is 10.6 Å². The second kappa shape index (κ2) is 8.97. The van der Waals surface area contributed by atoms with Crippen LogP contribution in [-0.2, 0) is 11.3 Å². The Labute approximate surface area is 143 Å². The lowest BCUT2D eigenvalue weighted by molar-refractivity contribution is -0.117. The van der Waals surface area contributed by atoms with Gasteiger partial charge < -0.3 is 15.4 Å². The zero-order valence-electron chi connectivity index (χ0n) is 14.3. The Hall–Kier alpha value is -2.48. The Morgan fingerprint density at radius 1 is 1.33 bits per heavy atom. The van der Waals surface area contributed by atoms with Gasteiger partial charge in [-0.1, -0.05) is 31.9 Å². The first-order chi connectivity index (χ1) is 11.6. The molecule has 0 spiro atoms. The maximum atomic E-state index is 12.2. The number of amides is 1. The molecule has 128 valence electrons. The number of hydrogen-bond acceptors (Lipinski definition) is 4. The van der Waals surface area contributed by atoms with Gasteiger partial charge >= 0.3 is 0 Å². The molecule has 0 saturated heterocycles. The number of nitriles is 1. The summed E-state index contributed by atoms with van der Waals surface area (Å²) in [5.41, 5.74) is 1.07. The van der Waals surface area contributed by atoms with E-state index in [1.54, 1.807) is 13.3 Å². The van der Waals surface area contributed by atoms with Crippen LogP contribution < -0.4 is 15.4 Å². The molecule has 5 nitrogen and oxygen atoms in total. The van der Waals surface area contributed by atoms with Crippen molar-refractivity contribution in [3.63, 3.8) is 0 Å². The lowest BCUT2D eigenvalue weighted by Gasteiger charge is -2.29. The molecule has 2 rings (SSSR count). The summed E-state index contributed by atoms with van der Waals surface area (Å²) in [6.07, 6.45) is 6.30. The summed E-state index contributed by atoms with van der Waals surface area (Å²) in [4.78, 5) is 12.2. The van der Waals surface area contributed by atoms with E-state index in [2.05, 4.69) is 17.6 Å². The van der Waals surface area contributed by atoms with E-state index >= 15 is 0 Å². The van der Waals surface area contributed by atoms with Crippen LogP contribution in [0.3, 0.4) is 0 Å². The molecule has 1 aromatic carbocycles. The molecule has 2 N–H and O–H groups in total. The summed E-state index contributed by atoms with van der Waals surface area (Å²) in [7, 11) is 1.61. The number of ether oxygens (including phenoxy) is 1. The van der Waals surface area contributed by atoms with Crippen LogP contribution in [0.1, 0.15) is 38.2 Å². The Kier molecular flexibility index (Phi) is 6.68. The molecule has 0 aromatic heterocycles. The molecule has 5 heteroatoms. The summed E-state index contributed by atoms with van der Waals surface area (Å²) in [5, 5.41) is 15.3. The van der Waals surface area contributed by atoms with Crippen LogP contribution in [0.4, 0.5) is 0 Å². The molecule has 1 aromatic rings. The smallest absolute Gasteiger partial charge is 0.263 e. The minimum Gasteiger partial charge on any atom is -0.497 e. The summed E-state index contributed by atoms with van der Waals surface area (Å²) < 4.78 is 5.10. The van der Waals surface area contributed by atoms with Gasteiger partial charge in [-0.3, -0.25) is 4.79 Å². The monoisotopic (exact) mass is 327 g/mol. The van der Waals surface area contributed by atoms with Gasteiger partial charge in [0.2, 0.25) is 0 Å². The van der Waals surface area contributed by atoms with E-state index in [1.807, 2.05) is 30.3 Å². The lowest BCUT2D eigenvalue weighted by Crippen LogP contribution is -2.35. The highest BCUT2D eigenvalue weighted by molar-refractivity contribution is 5.97. The molecule has 1 aliphatic carbocycles. The van der Waals surface area contributed by atoms with Crippen molar-refractivity contribution in [2.24, 2.45) is 5.92 Å². The summed E-state index contributed by atoms with van der Waals surface area (Å²) in [6, 6.07) is 9.78. The fraction of sp³-hybridized carbons (Fsp3) is 0.474. The van der Waals surface area contributed by atoms with Crippen molar-refractivity contribution in [1.29, 1.82) is 5.26 Å². The molecule has 2 atom stereocenters. The molecule has 2 unspecified atom stereocenters. The minimum atomic E-state index is -0.357. The molecule has 24 heavy (non-hydrogen) atoms. The highest BCUT2D eigenvalue weighted by Gasteiger charge is 2.20. The fourth-order valence-electron chi connectivity index (χ4n) is 2.92. The average Bonchev–Trinajstić information content (AvgIpc) is 2.62. The number of rotatable bonds is 6. The predicted molar refractivity (Wildman–Crippen MR) is 93.1 cm³/mol. The molecule has 0 heterocycles. The van der Waals surface area contributed by atoms with Gasteiger partial charge in [0.15, 0.2) is 0 Å². The third-order valence-corrected chi connectivity index (χ3v) is 4.53. The van der Waals surface area contributed by atoms with E-state index < -0.39 is 0 Å².